The summed E-state index contributed by atoms with van der Waals surface area (Å²) in [6.45, 7) is 0. The standard InChI is InChI=1S/C37H29N3OS/c1-39-23-12-13-24(21-10-15-32-28(18-21)29-19-22(38)11-16-33(29)41-32)31(20-23)40-30-8-4-2-6-25(30)26-14-17-35-36(37(26)40)27-7-3-5-9-34(27)42-35/h2-9,11-14,16-20,25,30,39H,10,15,38H2,1H3. The number of aryl methyl sites for hydroxylation is 1. The fraction of sp³-hybridized carbons (Fsp3) is 0.135. The molecule has 2 aliphatic carbocycles. The highest BCUT2D eigenvalue weighted by atomic mass is 32.1. The van der Waals surface area contributed by atoms with E-state index in [0.717, 1.165) is 46.5 Å². The third kappa shape index (κ3) is 3.34. The summed E-state index contributed by atoms with van der Waals surface area (Å²) >= 11 is 1.89. The number of furan rings is 1. The molecule has 2 unspecified atom stereocenters. The number of anilines is 4. The maximum absolute atomic E-state index is 6.26. The van der Waals surface area contributed by atoms with E-state index in [9.17, 15) is 0 Å². The average Bonchev–Trinajstić information content (AvgIpc) is 3.69. The molecule has 6 aromatic rings. The van der Waals surface area contributed by atoms with Crippen molar-refractivity contribution in [3.05, 3.63) is 120 Å². The van der Waals surface area contributed by atoms with Gasteiger partial charge in [0.1, 0.15) is 11.3 Å². The fourth-order valence-corrected chi connectivity index (χ4v) is 8.41. The van der Waals surface area contributed by atoms with Crippen LogP contribution in [0.2, 0.25) is 0 Å². The normalized spacial score (nSPS) is 18.9. The molecular formula is C37H29N3OS. The number of rotatable bonds is 3. The number of benzene rings is 4. The predicted molar refractivity (Wildman–Crippen MR) is 179 cm³/mol. The molecule has 3 aliphatic rings. The molecule has 4 aromatic carbocycles. The van der Waals surface area contributed by atoms with Gasteiger partial charge in [-0.2, -0.15) is 0 Å². The van der Waals surface area contributed by atoms with Crippen molar-refractivity contribution in [1.29, 1.82) is 0 Å². The van der Waals surface area contributed by atoms with Gasteiger partial charge in [-0.3, -0.25) is 0 Å². The zero-order valence-corrected chi connectivity index (χ0v) is 24.0. The van der Waals surface area contributed by atoms with Crippen LogP contribution < -0.4 is 16.0 Å². The van der Waals surface area contributed by atoms with Crippen molar-refractivity contribution >= 4 is 76.9 Å². The summed E-state index contributed by atoms with van der Waals surface area (Å²) in [6, 6.07) is 26.5. The van der Waals surface area contributed by atoms with Crippen LogP contribution in [0.3, 0.4) is 0 Å². The SMILES string of the molecule is CNc1ccc(C2=Cc3c(oc4ccc(N)cc34)CC2)c(N2c3c(ccc4sc5ccccc5c34)C3C=CC=CC32)c1. The Morgan fingerprint density at radius 3 is 2.74 bits per heavy atom. The van der Waals surface area contributed by atoms with Crippen LogP contribution in [0, 0.1) is 0 Å². The molecule has 204 valence electrons. The number of nitrogens with one attached hydrogen (secondary N) is 1. The summed E-state index contributed by atoms with van der Waals surface area (Å²) < 4.78 is 8.93. The van der Waals surface area contributed by atoms with Gasteiger partial charge < -0.3 is 20.4 Å². The monoisotopic (exact) mass is 563 g/mol. The Balaban J connectivity index is 1.31. The van der Waals surface area contributed by atoms with Crippen molar-refractivity contribution in [3.63, 3.8) is 0 Å². The minimum atomic E-state index is 0.203. The van der Waals surface area contributed by atoms with E-state index in [4.69, 9.17) is 10.2 Å². The van der Waals surface area contributed by atoms with E-state index < -0.39 is 0 Å². The number of nitrogens with two attached hydrogens (primary N) is 1. The molecule has 0 amide bonds. The zero-order chi connectivity index (χ0) is 27.9. The Labute approximate surface area is 248 Å². The Hall–Kier alpha value is -4.74. The molecule has 9 rings (SSSR count). The molecule has 0 saturated heterocycles. The molecule has 1 aliphatic heterocycles. The van der Waals surface area contributed by atoms with E-state index >= 15 is 0 Å². The van der Waals surface area contributed by atoms with E-state index in [1.807, 2.05) is 36.6 Å². The molecule has 2 atom stereocenters. The van der Waals surface area contributed by atoms with Crippen molar-refractivity contribution in [2.45, 2.75) is 24.8 Å². The van der Waals surface area contributed by atoms with Crippen LogP contribution in [-0.2, 0) is 6.42 Å². The van der Waals surface area contributed by atoms with E-state index in [0.29, 0.717) is 5.92 Å². The smallest absolute Gasteiger partial charge is 0.135 e. The van der Waals surface area contributed by atoms with Crippen LogP contribution >= 0.6 is 11.3 Å². The fourth-order valence-electron chi connectivity index (χ4n) is 7.30. The van der Waals surface area contributed by atoms with Crippen LogP contribution in [0.5, 0.6) is 0 Å². The second-order valence-electron chi connectivity index (χ2n) is 11.5. The summed E-state index contributed by atoms with van der Waals surface area (Å²) in [5.74, 6) is 1.35. The van der Waals surface area contributed by atoms with Gasteiger partial charge in [0.05, 0.1) is 17.4 Å². The molecule has 0 radical (unpaired) electrons. The molecule has 2 aromatic heterocycles. The molecule has 3 heterocycles. The van der Waals surface area contributed by atoms with Gasteiger partial charge in [0.2, 0.25) is 0 Å². The first-order valence-corrected chi connectivity index (χ1v) is 15.4. The van der Waals surface area contributed by atoms with Crippen molar-refractivity contribution in [2.24, 2.45) is 0 Å². The number of allylic oxidation sites excluding steroid dienone is 3. The Morgan fingerprint density at radius 1 is 0.905 bits per heavy atom. The van der Waals surface area contributed by atoms with Gasteiger partial charge in [0, 0.05) is 67.4 Å². The average molecular weight is 564 g/mol. The third-order valence-corrected chi connectivity index (χ3v) is 10.3. The molecule has 4 nitrogen and oxygen atoms in total. The first-order chi connectivity index (χ1) is 20.7. The lowest BCUT2D eigenvalue weighted by molar-refractivity contribution is 0.548. The van der Waals surface area contributed by atoms with Gasteiger partial charge in [-0.25, -0.2) is 0 Å². The first-order valence-electron chi connectivity index (χ1n) is 14.6. The predicted octanol–water partition coefficient (Wildman–Crippen LogP) is 9.64. The second kappa shape index (κ2) is 8.88. The summed E-state index contributed by atoms with van der Waals surface area (Å²) in [6.07, 6.45) is 13.3. The van der Waals surface area contributed by atoms with Crippen LogP contribution in [0.25, 0.3) is 42.8 Å². The highest BCUT2D eigenvalue weighted by Gasteiger charge is 2.40. The molecule has 42 heavy (non-hydrogen) atoms. The second-order valence-corrected chi connectivity index (χ2v) is 12.6. The Kier molecular flexibility index (Phi) is 5.05. The van der Waals surface area contributed by atoms with Gasteiger partial charge in [-0.1, -0.05) is 54.6 Å². The van der Waals surface area contributed by atoms with Crippen LogP contribution in [-0.4, -0.2) is 13.1 Å². The number of thiophene rings is 1. The lowest BCUT2D eigenvalue weighted by Crippen LogP contribution is -2.29. The van der Waals surface area contributed by atoms with Crippen molar-refractivity contribution < 1.29 is 4.42 Å². The number of hydrogen-bond acceptors (Lipinski definition) is 5. The summed E-state index contributed by atoms with van der Waals surface area (Å²) in [4.78, 5) is 2.62. The molecule has 5 heteroatoms. The number of hydrogen-bond donors (Lipinski definition) is 2. The van der Waals surface area contributed by atoms with Gasteiger partial charge in [-0.05, 0) is 66.1 Å². The van der Waals surface area contributed by atoms with Gasteiger partial charge in [-0.15, -0.1) is 11.3 Å². The molecule has 0 saturated carbocycles. The Bertz CT molecular complexity index is 2180. The van der Waals surface area contributed by atoms with E-state index in [1.165, 1.54) is 48.2 Å². The maximum Gasteiger partial charge on any atom is 0.135 e. The summed E-state index contributed by atoms with van der Waals surface area (Å²) in [5, 5.41) is 7.20. The molecule has 3 N–H and O–H groups in total. The third-order valence-electron chi connectivity index (χ3n) is 9.21. The van der Waals surface area contributed by atoms with Crippen LogP contribution in [0.4, 0.5) is 22.7 Å². The van der Waals surface area contributed by atoms with Crippen LogP contribution in [0.1, 0.15) is 34.8 Å². The van der Waals surface area contributed by atoms with Crippen LogP contribution in [0.15, 0.2) is 102 Å². The molecular weight excluding hydrogens is 534 g/mol. The van der Waals surface area contributed by atoms with Gasteiger partial charge >= 0.3 is 0 Å². The highest BCUT2D eigenvalue weighted by molar-refractivity contribution is 7.26. The topological polar surface area (TPSA) is 54.4 Å². The highest BCUT2D eigenvalue weighted by Crippen LogP contribution is 2.55. The molecule has 0 spiro atoms. The summed E-state index contributed by atoms with van der Waals surface area (Å²) in [5.41, 5.74) is 16.7. The van der Waals surface area contributed by atoms with Gasteiger partial charge in [0.25, 0.3) is 0 Å². The van der Waals surface area contributed by atoms with Crippen molar-refractivity contribution in [3.8, 4) is 0 Å². The minimum Gasteiger partial charge on any atom is -0.460 e. The maximum atomic E-state index is 6.26. The van der Waals surface area contributed by atoms with E-state index in [1.54, 1.807) is 0 Å². The largest absolute Gasteiger partial charge is 0.460 e. The molecule has 0 fully saturated rings. The quantitative estimate of drug-likeness (QED) is 0.211. The van der Waals surface area contributed by atoms with E-state index in [-0.39, 0.29) is 6.04 Å². The number of fused-ring (bicyclic) bond motifs is 10. The lowest BCUT2D eigenvalue weighted by Gasteiger charge is -2.32. The summed E-state index contributed by atoms with van der Waals surface area (Å²) in [7, 11) is 2.00. The van der Waals surface area contributed by atoms with E-state index in [2.05, 4.69) is 95.2 Å². The lowest BCUT2D eigenvalue weighted by atomic mass is 9.89. The number of nitrogen functional groups attached to an aromatic ring is 1. The zero-order valence-electron chi connectivity index (χ0n) is 23.2. The van der Waals surface area contributed by atoms with Gasteiger partial charge in [0.15, 0.2) is 0 Å². The van der Waals surface area contributed by atoms with Crippen molar-refractivity contribution in [1.82, 2.24) is 0 Å². The van der Waals surface area contributed by atoms with Crippen molar-refractivity contribution in [2.75, 3.05) is 23.0 Å². The Morgan fingerprint density at radius 2 is 1.81 bits per heavy atom. The molecule has 0 bridgehead atoms. The minimum absolute atomic E-state index is 0.203. The first kappa shape index (κ1) is 23.9. The number of nitrogens with zero attached hydrogens (tertiary/aromatic N) is 1.